The molecule has 0 amide bonds. The molecule has 0 unspecified atom stereocenters. The van der Waals surface area contributed by atoms with E-state index in [1.807, 2.05) is 54.6 Å². The predicted molar refractivity (Wildman–Crippen MR) is 74.0 cm³/mol. The van der Waals surface area contributed by atoms with Crippen molar-refractivity contribution in [3.8, 4) is 5.75 Å². The van der Waals surface area contributed by atoms with Gasteiger partial charge in [-0.1, -0.05) is 43.0 Å². The molecule has 2 N–H and O–H groups in total. The quantitative estimate of drug-likeness (QED) is 0.615. The maximum Gasteiger partial charge on any atom is 0.358 e. The lowest BCUT2D eigenvalue weighted by atomic mass is 10.2. The minimum atomic E-state index is 0.762. The highest BCUT2D eigenvalue weighted by atomic mass is 16.4. The summed E-state index contributed by atoms with van der Waals surface area (Å²) in [6, 6.07) is 17.1. The Labute approximate surface area is 102 Å². The fourth-order valence-electron chi connectivity index (χ4n) is 1.23. The van der Waals surface area contributed by atoms with Crippen molar-refractivity contribution < 1.29 is 4.42 Å². The van der Waals surface area contributed by atoms with Gasteiger partial charge in [0.1, 0.15) is 0 Å². The number of benzene rings is 2. The molecule has 0 aliphatic heterocycles. The minimum absolute atomic E-state index is 0.762. The first-order valence-corrected chi connectivity index (χ1v) is 5.22. The van der Waals surface area contributed by atoms with Crippen LogP contribution >= 0.6 is 0 Å². The number of para-hydroxylation sites is 2. The molecular weight excluding hydrogens is 210 g/mol. The topological polar surface area (TPSA) is 37.3 Å². The van der Waals surface area contributed by atoms with Gasteiger partial charge in [0, 0.05) is 11.8 Å². The van der Waals surface area contributed by atoms with Gasteiger partial charge in [-0.15, -0.1) is 0 Å². The fourth-order valence-corrected chi connectivity index (χ4v) is 1.23. The fraction of sp³-hybridized carbons (Fsp3) is 0. The zero-order chi connectivity index (χ0) is 12.5. The molecule has 0 bridgehead atoms. The van der Waals surface area contributed by atoms with Gasteiger partial charge in [-0.05, 0) is 18.2 Å². The van der Waals surface area contributed by atoms with Crippen molar-refractivity contribution >= 4 is 18.6 Å². The van der Waals surface area contributed by atoms with Crippen molar-refractivity contribution in [3.63, 3.8) is 0 Å². The Morgan fingerprint density at radius 2 is 1.53 bits per heavy atom. The van der Waals surface area contributed by atoms with E-state index in [0.29, 0.717) is 0 Å². The lowest BCUT2D eigenvalue weighted by Crippen LogP contribution is -1.79. The van der Waals surface area contributed by atoms with Gasteiger partial charge in [-0.25, -0.2) is 4.42 Å². The second-order valence-corrected chi connectivity index (χ2v) is 3.30. The highest BCUT2D eigenvalue weighted by Gasteiger charge is 2.03. The summed E-state index contributed by atoms with van der Waals surface area (Å²) < 4.78 is 4.81. The first-order valence-electron chi connectivity index (χ1n) is 5.22. The van der Waals surface area contributed by atoms with Crippen LogP contribution in [0.4, 0.5) is 5.69 Å². The maximum absolute atomic E-state index is 5.36. The highest BCUT2D eigenvalue weighted by molar-refractivity contribution is 5.54. The third-order valence-electron chi connectivity index (χ3n) is 2.09. The summed E-state index contributed by atoms with van der Waals surface area (Å²) in [5, 5.41) is 0. The molecule has 2 aromatic carbocycles. The highest BCUT2D eigenvalue weighted by Crippen LogP contribution is 2.17. The van der Waals surface area contributed by atoms with Crippen molar-refractivity contribution in [2.45, 2.75) is 0 Å². The summed E-state index contributed by atoms with van der Waals surface area (Å²) >= 11 is 0. The van der Waals surface area contributed by atoms with E-state index in [0.717, 1.165) is 17.0 Å². The van der Waals surface area contributed by atoms with E-state index >= 15 is 0 Å². The van der Waals surface area contributed by atoms with Crippen LogP contribution in [-0.2, 0) is 4.42 Å². The number of hydrogen-bond donors (Lipinski definition) is 1. The van der Waals surface area contributed by atoms with Crippen LogP contribution in [0.2, 0.25) is 0 Å². The SMILES string of the molecule is C=Cc1ccccc1[O+]=C.Nc1ccccc1. The maximum atomic E-state index is 5.36. The van der Waals surface area contributed by atoms with E-state index in [4.69, 9.17) is 10.2 Å². The first-order chi connectivity index (χ1) is 8.27. The lowest BCUT2D eigenvalue weighted by Gasteiger charge is -1.86. The van der Waals surface area contributed by atoms with E-state index in [2.05, 4.69) is 13.4 Å². The van der Waals surface area contributed by atoms with Gasteiger partial charge in [0.2, 0.25) is 0 Å². The van der Waals surface area contributed by atoms with Crippen LogP contribution in [-0.4, -0.2) is 6.79 Å². The molecule has 0 atom stereocenters. The molecule has 2 heteroatoms. The van der Waals surface area contributed by atoms with Crippen molar-refractivity contribution in [2.24, 2.45) is 0 Å². The molecule has 2 aromatic rings. The molecule has 0 radical (unpaired) electrons. The van der Waals surface area contributed by atoms with Crippen LogP contribution in [0.15, 0.2) is 61.2 Å². The number of rotatable bonds is 2. The van der Waals surface area contributed by atoms with Crippen molar-refractivity contribution in [3.05, 3.63) is 66.7 Å². The molecular formula is C15H16NO+. The second-order valence-electron chi connectivity index (χ2n) is 3.30. The standard InChI is InChI=1S/C9H9O.C6H7N/c1-3-8-6-4-5-7-9(8)10-2;7-6-4-2-1-3-5-6/h3-7H,1-2H2;1-5H,7H2/q+1;. The molecule has 0 fully saturated rings. The Morgan fingerprint density at radius 1 is 0.941 bits per heavy atom. The van der Waals surface area contributed by atoms with Crippen LogP contribution < -0.4 is 5.73 Å². The minimum Gasteiger partial charge on any atom is -0.399 e. The number of anilines is 1. The molecule has 0 saturated carbocycles. The summed E-state index contributed by atoms with van der Waals surface area (Å²) in [5.74, 6) is 0.762. The second kappa shape index (κ2) is 7.01. The third kappa shape index (κ3) is 4.34. The van der Waals surface area contributed by atoms with Gasteiger partial charge in [0.05, 0.1) is 5.56 Å². The molecule has 0 spiro atoms. The van der Waals surface area contributed by atoms with Crippen LogP contribution in [0.1, 0.15) is 5.56 Å². The third-order valence-corrected chi connectivity index (χ3v) is 2.09. The van der Waals surface area contributed by atoms with Gasteiger partial charge >= 0.3 is 5.75 Å². The van der Waals surface area contributed by atoms with Gasteiger partial charge in [-0.2, -0.15) is 0 Å². The molecule has 0 aromatic heterocycles. The average molecular weight is 226 g/mol. The van der Waals surface area contributed by atoms with Gasteiger partial charge < -0.3 is 5.73 Å². The Balaban J connectivity index is 0.000000181. The molecule has 2 rings (SSSR count). The average Bonchev–Trinajstić information content (AvgIpc) is 2.40. The molecule has 0 aliphatic rings. The largest absolute Gasteiger partial charge is 0.399 e. The van der Waals surface area contributed by atoms with Crippen molar-refractivity contribution in [1.82, 2.24) is 0 Å². The van der Waals surface area contributed by atoms with E-state index in [1.165, 1.54) is 0 Å². The molecule has 0 aliphatic carbocycles. The van der Waals surface area contributed by atoms with Crippen molar-refractivity contribution in [2.75, 3.05) is 5.73 Å². The zero-order valence-corrected chi connectivity index (χ0v) is 9.67. The number of nitrogens with two attached hydrogens (primary N) is 1. The van der Waals surface area contributed by atoms with Crippen LogP contribution in [0.3, 0.4) is 0 Å². The summed E-state index contributed by atoms with van der Waals surface area (Å²) in [7, 11) is 0. The van der Waals surface area contributed by atoms with Gasteiger partial charge in [0.15, 0.2) is 0 Å². The zero-order valence-electron chi connectivity index (χ0n) is 9.67. The van der Waals surface area contributed by atoms with E-state index in [-0.39, 0.29) is 0 Å². The van der Waals surface area contributed by atoms with Crippen molar-refractivity contribution in [1.29, 1.82) is 0 Å². The normalized spacial score (nSPS) is 8.71. The van der Waals surface area contributed by atoms with Crippen LogP contribution in [0, 0.1) is 0 Å². The Hall–Kier alpha value is -2.35. The lowest BCUT2D eigenvalue weighted by molar-refractivity contribution is -0.355. The summed E-state index contributed by atoms with van der Waals surface area (Å²) in [4.78, 5) is 0. The predicted octanol–water partition coefficient (Wildman–Crippen LogP) is 3.68. The Kier molecular flexibility index (Phi) is 5.25. The van der Waals surface area contributed by atoms with Crippen LogP contribution in [0.5, 0.6) is 5.75 Å². The monoisotopic (exact) mass is 226 g/mol. The smallest absolute Gasteiger partial charge is 0.358 e. The molecule has 2 nitrogen and oxygen atoms in total. The van der Waals surface area contributed by atoms with Gasteiger partial charge in [-0.3, -0.25) is 0 Å². The summed E-state index contributed by atoms with van der Waals surface area (Å²) in [5.41, 5.74) is 7.15. The summed E-state index contributed by atoms with van der Waals surface area (Å²) in [6.07, 6.45) is 1.74. The molecule has 0 saturated heterocycles. The number of hydrogen-bond acceptors (Lipinski definition) is 1. The number of nitrogen functional groups attached to an aromatic ring is 1. The van der Waals surface area contributed by atoms with Crippen LogP contribution in [0.25, 0.3) is 6.08 Å². The van der Waals surface area contributed by atoms with Gasteiger partial charge in [0.25, 0.3) is 6.79 Å². The van der Waals surface area contributed by atoms with E-state index in [1.54, 1.807) is 6.08 Å². The first kappa shape index (κ1) is 12.7. The molecule has 0 heterocycles. The number of carbonyl (C=O) groups excluding carboxylic acids is 1. The molecule has 17 heavy (non-hydrogen) atoms. The Bertz CT molecular complexity index is 450. The van der Waals surface area contributed by atoms with E-state index < -0.39 is 0 Å². The molecule has 86 valence electrons. The Morgan fingerprint density at radius 3 is 1.94 bits per heavy atom. The van der Waals surface area contributed by atoms with E-state index in [9.17, 15) is 0 Å². The summed E-state index contributed by atoms with van der Waals surface area (Å²) in [6.45, 7) is 6.95.